The predicted molar refractivity (Wildman–Crippen MR) is 156 cm³/mol. The highest BCUT2D eigenvalue weighted by Crippen LogP contribution is 2.46. The van der Waals surface area contributed by atoms with E-state index in [9.17, 15) is 0 Å². The van der Waals surface area contributed by atoms with E-state index in [2.05, 4.69) is 129 Å². The number of furan rings is 1. The number of halogens is 2. The van der Waals surface area contributed by atoms with Gasteiger partial charge < -0.3 is 4.42 Å². The van der Waals surface area contributed by atoms with Crippen LogP contribution in [0.3, 0.4) is 0 Å². The lowest BCUT2D eigenvalue weighted by Gasteiger charge is -2.17. The van der Waals surface area contributed by atoms with Crippen molar-refractivity contribution in [1.82, 2.24) is 0 Å². The molecule has 8 rings (SSSR count). The molecule has 0 atom stereocenters. The third kappa shape index (κ3) is 2.68. The zero-order valence-electron chi connectivity index (χ0n) is 18.4. The minimum Gasteiger partial charge on any atom is -0.456 e. The van der Waals surface area contributed by atoms with Crippen molar-refractivity contribution < 1.29 is 4.42 Å². The lowest BCUT2D eigenvalue weighted by atomic mass is 9.86. The molecule has 0 saturated carbocycles. The summed E-state index contributed by atoms with van der Waals surface area (Å²) in [6.45, 7) is 0. The van der Waals surface area contributed by atoms with Gasteiger partial charge in [-0.05, 0) is 90.6 Å². The second-order valence-electron chi connectivity index (χ2n) is 9.16. The number of benzene rings is 7. The van der Waals surface area contributed by atoms with E-state index >= 15 is 0 Å². The minimum atomic E-state index is 0.908. The maximum Gasteiger partial charge on any atom is 0.136 e. The molecule has 0 N–H and O–H groups in total. The monoisotopic (exact) mass is 574 g/mol. The fourth-order valence-electron chi connectivity index (χ4n) is 5.90. The molecule has 0 aliphatic carbocycles. The maximum absolute atomic E-state index is 6.40. The standard InChI is InChI=1S/C32H16Br2O/c33-18-9-7-17(8-10-18)20-13-14-24-27-16-29-32(25-12-11-19(34)15-28(25)35-29)26-6-2-5-23(31(26)27)22-4-1-3-21(20)30(22)24/h1-16H. The van der Waals surface area contributed by atoms with Crippen molar-refractivity contribution in [2.45, 2.75) is 0 Å². The van der Waals surface area contributed by atoms with Gasteiger partial charge in [-0.2, -0.15) is 0 Å². The average Bonchev–Trinajstić information content (AvgIpc) is 3.24. The van der Waals surface area contributed by atoms with E-state index in [0.29, 0.717) is 0 Å². The van der Waals surface area contributed by atoms with Crippen molar-refractivity contribution in [1.29, 1.82) is 0 Å². The summed E-state index contributed by atoms with van der Waals surface area (Å²) in [6, 6.07) is 35.1. The van der Waals surface area contributed by atoms with E-state index in [0.717, 1.165) is 25.5 Å². The van der Waals surface area contributed by atoms with Gasteiger partial charge in [0.25, 0.3) is 0 Å². The number of rotatable bonds is 1. The molecule has 164 valence electrons. The van der Waals surface area contributed by atoms with Gasteiger partial charge in [-0.15, -0.1) is 0 Å². The van der Waals surface area contributed by atoms with Gasteiger partial charge in [0.1, 0.15) is 11.2 Å². The Bertz CT molecular complexity index is 2120. The zero-order valence-corrected chi connectivity index (χ0v) is 21.6. The number of hydrogen-bond donors (Lipinski definition) is 0. The van der Waals surface area contributed by atoms with Crippen LogP contribution in [0.25, 0.3) is 76.2 Å². The number of hydrogen-bond acceptors (Lipinski definition) is 1. The Labute approximate surface area is 217 Å². The van der Waals surface area contributed by atoms with Crippen LogP contribution in [-0.2, 0) is 0 Å². The first-order valence-corrected chi connectivity index (χ1v) is 13.2. The topological polar surface area (TPSA) is 13.1 Å². The van der Waals surface area contributed by atoms with E-state index in [1.165, 1.54) is 59.6 Å². The third-order valence-electron chi connectivity index (χ3n) is 7.33. The first-order valence-electron chi connectivity index (χ1n) is 11.6. The Balaban J connectivity index is 1.60. The highest BCUT2D eigenvalue weighted by molar-refractivity contribution is 9.10. The van der Waals surface area contributed by atoms with Crippen LogP contribution < -0.4 is 0 Å². The molecule has 1 aromatic heterocycles. The molecule has 0 fully saturated rings. The Hall–Kier alpha value is -3.40. The van der Waals surface area contributed by atoms with Crippen LogP contribution in [0.1, 0.15) is 0 Å². The van der Waals surface area contributed by atoms with Crippen molar-refractivity contribution in [3.63, 3.8) is 0 Å². The highest BCUT2D eigenvalue weighted by Gasteiger charge is 2.19. The van der Waals surface area contributed by atoms with Crippen LogP contribution in [0.5, 0.6) is 0 Å². The molecular formula is C32H16Br2O. The first-order chi connectivity index (χ1) is 17.2. The molecule has 7 aromatic carbocycles. The van der Waals surface area contributed by atoms with Gasteiger partial charge in [0, 0.05) is 19.7 Å². The fraction of sp³-hybridized carbons (Fsp3) is 0. The van der Waals surface area contributed by atoms with Crippen LogP contribution in [0, 0.1) is 0 Å². The van der Waals surface area contributed by atoms with E-state index < -0.39 is 0 Å². The quantitative estimate of drug-likeness (QED) is 0.140. The summed E-state index contributed by atoms with van der Waals surface area (Å²) < 4.78 is 8.52. The summed E-state index contributed by atoms with van der Waals surface area (Å²) in [6.07, 6.45) is 0. The van der Waals surface area contributed by atoms with Crippen LogP contribution in [-0.4, -0.2) is 0 Å². The maximum atomic E-state index is 6.40. The molecular weight excluding hydrogens is 560 g/mol. The molecule has 0 unspecified atom stereocenters. The fourth-order valence-corrected chi connectivity index (χ4v) is 6.50. The molecule has 0 saturated heterocycles. The number of fused-ring (bicyclic) bond motifs is 6. The van der Waals surface area contributed by atoms with Crippen LogP contribution in [0.2, 0.25) is 0 Å². The minimum absolute atomic E-state index is 0.908. The average molecular weight is 576 g/mol. The summed E-state index contributed by atoms with van der Waals surface area (Å²) in [5.74, 6) is 0. The summed E-state index contributed by atoms with van der Waals surface area (Å²) in [5.41, 5.74) is 4.32. The van der Waals surface area contributed by atoms with Crippen molar-refractivity contribution >= 4 is 96.9 Å². The van der Waals surface area contributed by atoms with Crippen molar-refractivity contribution in [3.8, 4) is 11.1 Å². The van der Waals surface area contributed by atoms with Crippen molar-refractivity contribution in [2.75, 3.05) is 0 Å². The highest BCUT2D eigenvalue weighted by atomic mass is 79.9. The van der Waals surface area contributed by atoms with E-state index in [4.69, 9.17) is 4.42 Å². The molecule has 0 bridgehead atoms. The molecule has 3 heteroatoms. The van der Waals surface area contributed by atoms with Gasteiger partial charge in [0.2, 0.25) is 0 Å². The van der Waals surface area contributed by atoms with E-state index in [1.807, 2.05) is 0 Å². The molecule has 0 aliphatic rings. The smallest absolute Gasteiger partial charge is 0.136 e. The predicted octanol–water partition coefficient (Wildman–Crippen LogP) is 10.8. The van der Waals surface area contributed by atoms with Gasteiger partial charge in [0.15, 0.2) is 0 Å². The molecule has 8 aromatic rings. The van der Waals surface area contributed by atoms with Crippen LogP contribution >= 0.6 is 31.9 Å². The molecule has 0 spiro atoms. The summed E-state index contributed by atoms with van der Waals surface area (Å²) in [7, 11) is 0. The Morgan fingerprint density at radius 2 is 1.06 bits per heavy atom. The summed E-state index contributed by atoms with van der Waals surface area (Å²) in [5, 5.41) is 12.6. The molecule has 35 heavy (non-hydrogen) atoms. The zero-order chi connectivity index (χ0) is 23.3. The summed E-state index contributed by atoms with van der Waals surface area (Å²) in [4.78, 5) is 0. The molecule has 0 amide bonds. The van der Waals surface area contributed by atoms with Gasteiger partial charge in [-0.3, -0.25) is 0 Å². The normalized spacial score (nSPS) is 12.3. The molecule has 1 heterocycles. The largest absolute Gasteiger partial charge is 0.456 e. The van der Waals surface area contributed by atoms with Gasteiger partial charge >= 0.3 is 0 Å². The molecule has 1 nitrogen and oxygen atoms in total. The lowest BCUT2D eigenvalue weighted by Crippen LogP contribution is -1.89. The van der Waals surface area contributed by atoms with E-state index in [-0.39, 0.29) is 0 Å². The second-order valence-corrected chi connectivity index (χ2v) is 11.0. The van der Waals surface area contributed by atoms with Gasteiger partial charge in [0.05, 0.1) is 0 Å². The molecule has 0 aliphatic heterocycles. The first kappa shape index (κ1) is 19.9. The summed E-state index contributed by atoms with van der Waals surface area (Å²) >= 11 is 7.17. The Morgan fingerprint density at radius 1 is 0.429 bits per heavy atom. The SMILES string of the molecule is Brc1ccc(-c2ccc3c4cc5oc6cc(Br)ccc6c5c5cccc(c6cccc2c63)c45)cc1. The molecule has 0 radical (unpaired) electrons. The lowest BCUT2D eigenvalue weighted by molar-refractivity contribution is 0.669. The third-order valence-corrected chi connectivity index (χ3v) is 8.36. The van der Waals surface area contributed by atoms with Gasteiger partial charge in [-0.25, -0.2) is 0 Å². The van der Waals surface area contributed by atoms with Crippen LogP contribution in [0.4, 0.5) is 0 Å². The van der Waals surface area contributed by atoms with Gasteiger partial charge in [-0.1, -0.05) is 92.5 Å². The van der Waals surface area contributed by atoms with Crippen molar-refractivity contribution in [3.05, 3.63) is 106 Å². The Kier molecular flexibility index (Phi) is 4.01. The van der Waals surface area contributed by atoms with E-state index in [1.54, 1.807) is 0 Å². The Morgan fingerprint density at radius 3 is 1.86 bits per heavy atom. The second kappa shape index (κ2) is 7.07. The van der Waals surface area contributed by atoms with Crippen LogP contribution in [0.15, 0.2) is 110 Å². The van der Waals surface area contributed by atoms with Crippen molar-refractivity contribution in [2.24, 2.45) is 0 Å².